The number of amides is 1. The van der Waals surface area contributed by atoms with Crippen LogP contribution in [-0.2, 0) is 6.54 Å². The van der Waals surface area contributed by atoms with Gasteiger partial charge < -0.3 is 10.3 Å². The minimum absolute atomic E-state index is 0.242. The Morgan fingerprint density at radius 2 is 2.12 bits per heavy atom. The first-order valence-corrected chi connectivity index (χ1v) is 7.71. The molecule has 0 saturated heterocycles. The van der Waals surface area contributed by atoms with Crippen LogP contribution in [0.4, 0.5) is 4.39 Å². The Bertz CT molecular complexity index is 1050. The molecule has 0 spiro atoms. The summed E-state index contributed by atoms with van der Waals surface area (Å²) in [5, 5.41) is 10.7. The minimum atomic E-state index is -0.324. The lowest BCUT2D eigenvalue weighted by atomic mass is 10.2. The van der Waals surface area contributed by atoms with Crippen molar-refractivity contribution in [3.63, 3.8) is 0 Å². The smallest absolute Gasteiger partial charge is 0.253 e. The highest BCUT2D eigenvalue weighted by molar-refractivity contribution is 5.97. The number of pyridine rings is 1. The van der Waals surface area contributed by atoms with E-state index < -0.39 is 0 Å². The normalized spacial score (nSPS) is 10.9. The summed E-state index contributed by atoms with van der Waals surface area (Å²) in [5.41, 5.74) is 3.32. The third kappa shape index (κ3) is 2.99. The average molecular weight is 335 g/mol. The van der Waals surface area contributed by atoms with Gasteiger partial charge in [-0.1, -0.05) is 12.1 Å². The second kappa shape index (κ2) is 6.20. The molecule has 3 N–H and O–H groups in total. The summed E-state index contributed by atoms with van der Waals surface area (Å²) in [6, 6.07) is 11.6. The topological polar surface area (TPSA) is 86.5 Å². The van der Waals surface area contributed by atoms with E-state index in [0.29, 0.717) is 16.8 Å². The highest BCUT2D eigenvalue weighted by atomic mass is 19.1. The number of fused-ring (bicyclic) bond motifs is 1. The molecule has 7 heteroatoms. The van der Waals surface area contributed by atoms with E-state index in [-0.39, 0.29) is 18.3 Å². The molecule has 25 heavy (non-hydrogen) atoms. The molecule has 0 atom stereocenters. The zero-order chi connectivity index (χ0) is 17.2. The number of aromatic nitrogens is 4. The Morgan fingerprint density at radius 1 is 1.20 bits per heavy atom. The SMILES string of the molecule is O=C(NCc1cccc(F)c1)c1c[nH]c(-c2[nH]nc3ncccc23)c1. The first-order valence-electron chi connectivity index (χ1n) is 7.71. The number of carbonyl (C=O) groups is 1. The Labute approximate surface area is 142 Å². The lowest BCUT2D eigenvalue weighted by molar-refractivity contribution is 0.0951. The molecule has 1 amide bonds. The molecule has 4 rings (SSSR count). The Kier molecular flexibility index (Phi) is 3.74. The predicted octanol–water partition coefficient (Wildman–Crippen LogP) is 3.02. The molecule has 0 fully saturated rings. The van der Waals surface area contributed by atoms with E-state index in [1.165, 1.54) is 12.1 Å². The van der Waals surface area contributed by atoms with Crippen LogP contribution >= 0.6 is 0 Å². The van der Waals surface area contributed by atoms with Gasteiger partial charge in [0.1, 0.15) is 5.82 Å². The molecular weight excluding hydrogens is 321 g/mol. The van der Waals surface area contributed by atoms with Gasteiger partial charge in [0, 0.05) is 24.3 Å². The van der Waals surface area contributed by atoms with Crippen LogP contribution in [0.3, 0.4) is 0 Å². The third-order valence-corrected chi connectivity index (χ3v) is 3.89. The second-order valence-corrected chi connectivity index (χ2v) is 5.59. The number of aromatic amines is 2. The van der Waals surface area contributed by atoms with Crippen molar-refractivity contribution in [3.05, 3.63) is 71.8 Å². The van der Waals surface area contributed by atoms with Crippen LogP contribution in [0.25, 0.3) is 22.4 Å². The zero-order valence-corrected chi connectivity index (χ0v) is 13.1. The lowest BCUT2D eigenvalue weighted by Gasteiger charge is -2.03. The van der Waals surface area contributed by atoms with Gasteiger partial charge in [0.2, 0.25) is 0 Å². The highest BCUT2D eigenvalue weighted by Gasteiger charge is 2.13. The molecule has 3 aromatic heterocycles. The van der Waals surface area contributed by atoms with Gasteiger partial charge in [0.05, 0.1) is 17.0 Å². The quantitative estimate of drug-likeness (QED) is 0.536. The van der Waals surface area contributed by atoms with Gasteiger partial charge in [0.25, 0.3) is 5.91 Å². The summed E-state index contributed by atoms with van der Waals surface area (Å²) in [5.74, 6) is -0.566. The maximum atomic E-state index is 13.2. The fourth-order valence-electron chi connectivity index (χ4n) is 2.66. The summed E-state index contributed by atoms with van der Waals surface area (Å²) in [4.78, 5) is 19.5. The van der Waals surface area contributed by atoms with Gasteiger partial charge in [0.15, 0.2) is 5.65 Å². The lowest BCUT2D eigenvalue weighted by Crippen LogP contribution is -2.22. The van der Waals surface area contributed by atoms with E-state index in [9.17, 15) is 9.18 Å². The van der Waals surface area contributed by atoms with Crippen molar-refractivity contribution in [2.75, 3.05) is 0 Å². The van der Waals surface area contributed by atoms with Crippen LogP contribution < -0.4 is 5.32 Å². The van der Waals surface area contributed by atoms with Crippen molar-refractivity contribution in [1.29, 1.82) is 0 Å². The van der Waals surface area contributed by atoms with Crippen molar-refractivity contribution in [1.82, 2.24) is 25.5 Å². The molecular formula is C18H14FN5O. The molecule has 0 aliphatic rings. The van der Waals surface area contributed by atoms with Crippen LogP contribution in [0.2, 0.25) is 0 Å². The van der Waals surface area contributed by atoms with E-state index in [1.807, 2.05) is 12.1 Å². The van der Waals surface area contributed by atoms with Gasteiger partial charge in [-0.3, -0.25) is 9.89 Å². The molecule has 4 aromatic rings. The van der Waals surface area contributed by atoms with Crippen molar-refractivity contribution >= 4 is 16.9 Å². The molecule has 0 aliphatic carbocycles. The number of hydrogen-bond donors (Lipinski definition) is 3. The monoisotopic (exact) mass is 335 g/mol. The van der Waals surface area contributed by atoms with E-state index in [0.717, 1.165) is 16.8 Å². The number of nitrogens with zero attached hydrogens (tertiary/aromatic N) is 2. The van der Waals surface area contributed by atoms with Gasteiger partial charge in [-0.15, -0.1) is 0 Å². The molecule has 1 aromatic carbocycles. The average Bonchev–Trinajstić information content (AvgIpc) is 3.26. The number of nitrogens with one attached hydrogen (secondary N) is 3. The summed E-state index contributed by atoms with van der Waals surface area (Å²) in [7, 11) is 0. The summed E-state index contributed by atoms with van der Waals surface area (Å²) < 4.78 is 13.2. The van der Waals surface area contributed by atoms with Gasteiger partial charge >= 0.3 is 0 Å². The summed E-state index contributed by atoms with van der Waals surface area (Å²) in [6.07, 6.45) is 3.30. The first kappa shape index (κ1) is 15.1. The van der Waals surface area contributed by atoms with Crippen LogP contribution in [0, 0.1) is 5.82 Å². The molecule has 0 aliphatic heterocycles. The molecule has 0 saturated carbocycles. The van der Waals surface area contributed by atoms with Gasteiger partial charge in [-0.05, 0) is 35.9 Å². The van der Waals surface area contributed by atoms with Gasteiger partial charge in [-0.2, -0.15) is 5.10 Å². The number of hydrogen-bond acceptors (Lipinski definition) is 3. The van der Waals surface area contributed by atoms with Crippen molar-refractivity contribution < 1.29 is 9.18 Å². The molecule has 0 unspecified atom stereocenters. The number of halogens is 1. The first-order chi connectivity index (χ1) is 12.2. The predicted molar refractivity (Wildman–Crippen MR) is 91.2 cm³/mol. The van der Waals surface area contributed by atoms with Crippen LogP contribution in [0.1, 0.15) is 15.9 Å². The Morgan fingerprint density at radius 3 is 3.00 bits per heavy atom. The highest BCUT2D eigenvalue weighted by Crippen LogP contribution is 2.24. The van der Waals surface area contributed by atoms with Crippen molar-refractivity contribution in [2.45, 2.75) is 6.54 Å². The Balaban J connectivity index is 1.52. The van der Waals surface area contributed by atoms with E-state index in [2.05, 4.69) is 25.5 Å². The van der Waals surface area contributed by atoms with E-state index >= 15 is 0 Å². The van der Waals surface area contributed by atoms with Crippen LogP contribution in [0.15, 0.2) is 54.9 Å². The fraction of sp³-hybridized carbons (Fsp3) is 0.0556. The van der Waals surface area contributed by atoms with Crippen molar-refractivity contribution in [3.8, 4) is 11.4 Å². The fourth-order valence-corrected chi connectivity index (χ4v) is 2.66. The maximum absolute atomic E-state index is 13.2. The summed E-state index contributed by atoms with van der Waals surface area (Å²) >= 11 is 0. The second-order valence-electron chi connectivity index (χ2n) is 5.59. The summed E-state index contributed by atoms with van der Waals surface area (Å²) in [6.45, 7) is 0.258. The van der Waals surface area contributed by atoms with Crippen LogP contribution in [0.5, 0.6) is 0 Å². The van der Waals surface area contributed by atoms with Crippen molar-refractivity contribution in [2.24, 2.45) is 0 Å². The van der Waals surface area contributed by atoms with Crippen LogP contribution in [-0.4, -0.2) is 26.1 Å². The van der Waals surface area contributed by atoms with Gasteiger partial charge in [-0.25, -0.2) is 9.37 Å². The number of H-pyrrole nitrogens is 2. The Hall–Kier alpha value is -3.48. The largest absolute Gasteiger partial charge is 0.359 e. The number of benzene rings is 1. The number of rotatable bonds is 4. The van der Waals surface area contributed by atoms with E-state index in [4.69, 9.17) is 0 Å². The third-order valence-electron chi connectivity index (χ3n) is 3.89. The van der Waals surface area contributed by atoms with E-state index in [1.54, 1.807) is 30.6 Å². The minimum Gasteiger partial charge on any atom is -0.359 e. The zero-order valence-electron chi connectivity index (χ0n) is 13.1. The maximum Gasteiger partial charge on any atom is 0.253 e. The molecule has 3 heterocycles. The molecule has 124 valence electrons. The standard InChI is InChI=1S/C18H14FN5O/c19-13-4-1-3-11(7-13)9-22-18(25)12-8-15(21-10-12)16-14-5-2-6-20-17(14)24-23-16/h1-8,10,21H,9H2,(H,22,25)(H,20,23,24). The molecule has 0 bridgehead atoms. The molecule has 0 radical (unpaired) electrons. The number of carbonyl (C=O) groups excluding carboxylic acids is 1. The molecule has 6 nitrogen and oxygen atoms in total.